The highest BCUT2D eigenvalue weighted by Gasteiger charge is 2.43. The second kappa shape index (κ2) is 11.9. The van der Waals surface area contributed by atoms with Gasteiger partial charge in [-0.05, 0) is 74.2 Å². The summed E-state index contributed by atoms with van der Waals surface area (Å²) in [6, 6.07) is 1.06. The minimum Gasteiger partial charge on any atom is -0.453 e. The van der Waals surface area contributed by atoms with Crippen molar-refractivity contribution >= 4 is 17.9 Å². The predicted molar refractivity (Wildman–Crippen MR) is 131 cm³/mol. The van der Waals surface area contributed by atoms with Crippen molar-refractivity contribution in [2.45, 2.75) is 76.9 Å². The largest absolute Gasteiger partial charge is 0.453 e. The molecule has 1 aliphatic rings. The molecule has 0 radical (unpaired) electrons. The maximum Gasteiger partial charge on any atom is 0.416 e. The van der Waals surface area contributed by atoms with Crippen LogP contribution in [0, 0.1) is 0 Å². The molecule has 2 aromatic rings. The Kier molecular flexibility index (Phi) is 9.32. The number of fused-ring (bicyclic) bond motifs is 1. The van der Waals surface area contributed by atoms with E-state index >= 15 is 0 Å². The molecule has 0 aromatic heterocycles. The Labute approximate surface area is 235 Å². The first-order valence-electron chi connectivity index (χ1n) is 12.6. The number of halogens is 9. The Bertz CT molecular complexity index is 1270. The zero-order valence-electron chi connectivity index (χ0n) is 22.7. The number of rotatable bonds is 5. The van der Waals surface area contributed by atoms with Gasteiger partial charge in [-0.25, -0.2) is 9.59 Å². The summed E-state index contributed by atoms with van der Waals surface area (Å²) in [5.74, 6) is 0. The first-order valence-corrected chi connectivity index (χ1v) is 12.6. The summed E-state index contributed by atoms with van der Waals surface area (Å²) in [4.78, 5) is 27.8. The van der Waals surface area contributed by atoms with E-state index in [2.05, 4.69) is 0 Å². The van der Waals surface area contributed by atoms with Crippen molar-refractivity contribution in [2.24, 2.45) is 0 Å². The molecule has 0 aliphatic carbocycles. The van der Waals surface area contributed by atoms with Crippen LogP contribution in [0.3, 0.4) is 0 Å². The molecule has 0 bridgehead atoms. The van der Waals surface area contributed by atoms with Gasteiger partial charge in [-0.3, -0.25) is 9.80 Å². The summed E-state index contributed by atoms with van der Waals surface area (Å²) in [5.41, 5.74) is -5.29. The number of nitrogens with zero attached hydrogens (tertiary/aromatic N) is 2. The lowest BCUT2D eigenvalue weighted by Crippen LogP contribution is -2.49. The number of hydrogen-bond donors (Lipinski definition) is 0. The van der Waals surface area contributed by atoms with E-state index in [4.69, 9.17) is 9.47 Å². The lowest BCUT2D eigenvalue weighted by molar-refractivity contribution is -0.143. The van der Waals surface area contributed by atoms with E-state index in [9.17, 15) is 49.1 Å². The second-order valence-corrected chi connectivity index (χ2v) is 9.90. The summed E-state index contributed by atoms with van der Waals surface area (Å²) in [5, 5.41) is 0. The quantitative estimate of drug-likeness (QED) is 0.317. The molecule has 42 heavy (non-hydrogen) atoms. The van der Waals surface area contributed by atoms with Crippen LogP contribution in [-0.4, -0.2) is 36.3 Å². The second-order valence-electron chi connectivity index (χ2n) is 9.90. The summed E-state index contributed by atoms with van der Waals surface area (Å²) in [6.45, 7) is 3.88. The molecule has 15 heteroatoms. The summed E-state index contributed by atoms with van der Waals surface area (Å²) < 4.78 is 132. The number of carbonyl (C=O) groups is 2. The number of hydrogen-bond acceptors (Lipinski definition) is 4. The standard InChI is InChI=1S/C27H27F9N2O4/c1-5-19-12-22(20-11-16(25(28,29)30)6-7-21(20)38(19)24(40)42-14(2)3)37(23(39)41-4)13-15-8-17(26(31,32)33)10-18(9-15)27(34,35)36/h6-11,14,19,22H,5,12-13H2,1-4H3/t19-,22?/m1/s1. The van der Waals surface area contributed by atoms with Gasteiger partial charge in [0.2, 0.25) is 0 Å². The van der Waals surface area contributed by atoms with Gasteiger partial charge >= 0.3 is 30.7 Å². The minimum absolute atomic E-state index is 0.0642. The predicted octanol–water partition coefficient (Wildman–Crippen LogP) is 8.59. The van der Waals surface area contributed by atoms with Crippen molar-refractivity contribution in [3.8, 4) is 0 Å². The zero-order chi connectivity index (χ0) is 31.8. The van der Waals surface area contributed by atoms with E-state index in [-0.39, 0.29) is 30.2 Å². The number of carbonyl (C=O) groups excluding carboxylic acids is 2. The van der Waals surface area contributed by atoms with E-state index < -0.39 is 77.7 Å². The molecule has 1 aliphatic heterocycles. The van der Waals surface area contributed by atoms with Crippen LogP contribution in [0.5, 0.6) is 0 Å². The van der Waals surface area contributed by atoms with Crippen molar-refractivity contribution in [2.75, 3.05) is 12.0 Å². The fourth-order valence-corrected chi connectivity index (χ4v) is 4.78. The number of methoxy groups -OCH3 is 1. The van der Waals surface area contributed by atoms with E-state index in [1.165, 1.54) is 0 Å². The Hall–Kier alpha value is -3.65. The number of amides is 2. The van der Waals surface area contributed by atoms with Crippen LogP contribution >= 0.6 is 0 Å². The molecule has 0 saturated heterocycles. The molecule has 0 saturated carbocycles. The van der Waals surface area contributed by atoms with E-state index in [1.807, 2.05) is 0 Å². The highest BCUT2D eigenvalue weighted by Crippen LogP contribution is 2.45. The third kappa shape index (κ3) is 7.21. The summed E-state index contributed by atoms with van der Waals surface area (Å²) >= 11 is 0. The van der Waals surface area contributed by atoms with Crippen molar-refractivity contribution < 1.29 is 58.6 Å². The SMILES string of the molecule is CC[C@@H]1CC(N(Cc2cc(C(F)(F)F)cc(C(F)(F)F)c2)C(=O)OC)c2cc(C(F)(F)F)ccc2N1C(=O)OC(C)C. The van der Waals surface area contributed by atoms with Crippen LogP contribution in [0.15, 0.2) is 36.4 Å². The minimum atomic E-state index is -5.17. The zero-order valence-corrected chi connectivity index (χ0v) is 22.7. The Balaban J connectivity index is 2.23. The van der Waals surface area contributed by atoms with E-state index in [0.717, 1.165) is 23.0 Å². The Morgan fingerprint density at radius 3 is 1.90 bits per heavy atom. The molecule has 3 rings (SSSR count). The molecule has 6 nitrogen and oxygen atoms in total. The first-order chi connectivity index (χ1) is 19.3. The molecule has 0 N–H and O–H groups in total. The molecule has 0 spiro atoms. The van der Waals surface area contributed by atoms with Crippen molar-refractivity contribution in [3.05, 3.63) is 64.2 Å². The fraction of sp³-hybridized carbons (Fsp3) is 0.481. The maximum atomic E-state index is 13.7. The molecule has 1 unspecified atom stereocenters. The highest BCUT2D eigenvalue weighted by molar-refractivity contribution is 5.90. The normalized spacial score (nSPS) is 17.6. The number of benzene rings is 2. The molecule has 1 heterocycles. The smallest absolute Gasteiger partial charge is 0.416 e. The van der Waals surface area contributed by atoms with E-state index in [0.29, 0.717) is 24.3 Å². The third-order valence-electron chi connectivity index (χ3n) is 6.62. The van der Waals surface area contributed by atoms with Crippen LogP contribution in [-0.2, 0) is 34.5 Å². The van der Waals surface area contributed by atoms with Crippen molar-refractivity contribution in [1.29, 1.82) is 0 Å². The lowest BCUT2D eigenvalue weighted by atomic mass is 9.87. The highest BCUT2D eigenvalue weighted by atomic mass is 19.4. The molecular weight excluding hydrogens is 587 g/mol. The monoisotopic (exact) mass is 614 g/mol. The lowest BCUT2D eigenvalue weighted by Gasteiger charge is -2.44. The van der Waals surface area contributed by atoms with Gasteiger partial charge in [0, 0.05) is 12.6 Å². The van der Waals surface area contributed by atoms with Gasteiger partial charge < -0.3 is 9.47 Å². The van der Waals surface area contributed by atoms with Gasteiger partial charge in [0.1, 0.15) is 0 Å². The average Bonchev–Trinajstić information content (AvgIpc) is 2.87. The Morgan fingerprint density at radius 1 is 0.905 bits per heavy atom. The van der Waals surface area contributed by atoms with Gasteiger partial charge in [-0.15, -0.1) is 0 Å². The molecule has 232 valence electrons. The Morgan fingerprint density at radius 2 is 1.45 bits per heavy atom. The van der Waals surface area contributed by atoms with Crippen molar-refractivity contribution in [3.63, 3.8) is 0 Å². The van der Waals surface area contributed by atoms with Gasteiger partial charge in [-0.2, -0.15) is 39.5 Å². The topological polar surface area (TPSA) is 59.1 Å². The molecule has 2 atom stereocenters. The molecule has 2 aromatic carbocycles. The van der Waals surface area contributed by atoms with Crippen molar-refractivity contribution in [1.82, 2.24) is 4.90 Å². The van der Waals surface area contributed by atoms with Crippen LogP contribution in [0.2, 0.25) is 0 Å². The van der Waals surface area contributed by atoms with Crippen LogP contribution < -0.4 is 4.90 Å². The fourth-order valence-electron chi connectivity index (χ4n) is 4.78. The number of ether oxygens (including phenoxy) is 2. The third-order valence-corrected chi connectivity index (χ3v) is 6.62. The number of anilines is 1. The number of alkyl halides is 9. The maximum absolute atomic E-state index is 13.7. The summed E-state index contributed by atoms with van der Waals surface area (Å²) in [7, 11) is 0.905. The van der Waals surface area contributed by atoms with Gasteiger partial charge in [0.15, 0.2) is 0 Å². The molecule has 2 amide bonds. The van der Waals surface area contributed by atoms with Gasteiger partial charge in [-0.1, -0.05) is 6.92 Å². The van der Waals surface area contributed by atoms with Crippen LogP contribution in [0.25, 0.3) is 0 Å². The molecule has 0 fully saturated rings. The van der Waals surface area contributed by atoms with Crippen LogP contribution in [0.4, 0.5) is 54.8 Å². The first kappa shape index (κ1) is 32.9. The van der Waals surface area contributed by atoms with Crippen LogP contribution in [0.1, 0.15) is 67.5 Å². The summed E-state index contributed by atoms with van der Waals surface area (Å²) in [6.07, 6.45) is -17.9. The van der Waals surface area contributed by atoms with Gasteiger partial charge in [0.25, 0.3) is 0 Å². The van der Waals surface area contributed by atoms with E-state index in [1.54, 1.807) is 20.8 Å². The average molecular weight is 615 g/mol. The molecular formula is C27H27F9N2O4. The van der Waals surface area contributed by atoms with Gasteiger partial charge in [0.05, 0.1) is 41.6 Å².